The molecule has 10 heteroatoms. The summed E-state index contributed by atoms with van der Waals surface area (Å²) in [4.78, 5) is 40.4. The van der Waals surface area contributed by atoms with Crippen LogP contribution in [0, 0.1) is 11.2 Å². The highest BCUT2D eigenvalue weighted by Crippen LogP contribution is 2.52. The van der Waals surface area contributed by atoms with Gasteiger partial charge >= 0.3 is 6.18 Å². The van der Waals surface area contributed by atoms with Crippen molar-refractivity contribution in [3.63, 3.8) is 0 Å². The first-order chi connectivity index (χ1) is 15.8. The van der Waals surface area contributed by atoms with Crippen LogP contribution in [-0.2, 0) is 9.59 Å². The van der Waals surface area contributed by atoms with E-state index in [1.807, 2.05) is 0 Å². The molecule has 178 valence electrons. The number of anilines is 1. The molecular formula is C24H19ClF4N2O3. The molecule has 34 heavy (non-hydrogen) atoms. The third-order valence-corrected chi connectivity index (χ3v) is 6.20. The van der Waals surface area contributed by atoms with Gasteiger partial charge in [0.25, 0.3) is 11.8 Å². The molecule has 1 atom stereocenters. The predicted molar refractivity (Wildman–Crippen MR) is 117 cm³/mol. The van der Waals surface area contributed by atoms with Gasteiger partial charge in [-0.3, -0.25) is 19.3 Å². The van der Waals surface area contributed by atoms with Crippen LogP contribution in [0.1, 0.15) is 37.0 Å². The van der Waals surface area contributed by atoms with Crippen molar-refractivity contribution in [2.24, 2.45) is 5.41 Å². The molecule has 0 saturated heterocycles. The molecule has 0 radical (unpaired) electrons. The molecule has 0 bridgehead atoms. The molecule has 0 spiro atoms. The Labute approximate surface area is 197 Å². The van der Waals surface area contributed by atoms with Gasteiger partial charge in [-0.05, 0) is 48.2 Å². The highest BCUT2D eigenvalue weighted by Gasteiger charge is 2.72. The number of carbonyl (C=O) groups excluding carboxylic acids is 3. The number of allylic oxidation sites excluding steroid dienone is 1. The first-order valence-electron chi connectivity index (χ1n) is 10.3. The van der Waals surface area contributed by atoms with E-state index in [2.05, 4.69) is 0 Å². The topological polar surface area (TPSA) is 66.5 Å². The van der Waals surface area contributed by atoms with Gasteiger partial charge in [-0.25, -0.2) is 4.39 Å². The van der Waals surface area contributed by atoms with Crippen molar-refractivity contribution in [1.29, 1.82) is 0 Å². The van der Waals surface area contributed by atoms with Crippen LogP contribution in [0.3, 0.4) is 0 Å². The number of carbonyl (C=O) groups is 3. The van der Waals surface area contributed by atoms with E-state index >= 15 is 0 Å². The Bertz CT molecular complexity index is 1240. The van der Waals surface area contributed by atoms with Crippen LogP contribution in [-0.4, -0.2) is 29.3 Å². The van der Waals surface area contributed by atoms with Crippen molar-refractivity contribution >= 4 is 34.9 Å². The van der Waals surface area contributed by atoms with Crippen LogP contribution in [0.2, 0.25) is 5.02 Å². The Morgan fingerprint density at radius 2 is 1.65 bits per heavy atom. The summed E-state index contributed by atoms with van der Waals surface area (Å²) >= 11 is 5.90. The van der Waals surface area contributed by atoms with Crippen LogP contribution in [0.15, 0.2) is 59.8 Å². The van der Waals surface area contributed by atoms with Gasteiger partial charge in [0.1, 0.15) is 5.82 Å². The number of hydrogen-bond acceptors (Lipinski definition) is 3. The number of benzene rings is 2. The molecule has 4 rings (SSSR count). The van der Waals surface area contributed by atoms with E-state index in [9.17, 15) is 31.9 Å². The lowest BCUT2D eigenvalue weighted by atomic mass is 9.72. The molecule has 0 aromatic heterocycles. The van der Waals surface area contributed by atoms with E-state index in [1.165, 1.54) is 36.4 Å². The second-order valence-electron chi connectivity index (χ2n) is 9.06. The van der Waals surface area contributed by atoms with Gasteiger partial charge in [-0.2, -0.15) is 13.2 Å². The molecule has 1 heterocycles. The molecule has 2 aliphatic rings. The number of Topliss-reactive ketones (excluding diaryl/α,β-unsaturated/α-hetero) is 1. The number of amides is 2. The quantitative estimate of drug-likeness (QED) is 0.596. The summed E-state index contributed by atoms with van der Waals surface area (Å²) in [5, 5.41) is 2.00. The number of hydrogen-bond donors (Lipinski definition) is 1. The zero-order chi connectivity index (χ0) is 25.1. The van der Waals surface area contributed by atoms with Gasteiger partial charge in [0.15, 0.2) is 5.78 Å². The molecule has 0 saturated carbocycles. The van der Waals surface area contributed by atoms with Crippen LogP contribution in [0.4, 0.5) is 23.2 Å². The minimum atomic E-state index is -5.40. The third-order valence-electron chi connectivity index (χ3n) is 5.95. The lowest BCUT2D eigenvalue weighted by Crippen LogP contribution is -2.66. The highest BCUT2D eigenvalue weighted by molar-refractivity contribution is 6.30. The van der Waals surface area contributed by atoms with Crippen molar-refractivity contribution in [2.45, 2.75) is 38.4 Å². The van der Waals surface area contributed by atoms with Crippen LogP contribution < -0.4 is 10.2 Å². The van der Waals surface area contributed by atoms with Gasteiger partial charge in [0, 0.05) is 22.8 Å². The normalized spacial score (nSPS) is 22.1. The largest absolute Gasteiger partial charge is 0.425 e. The molecule has 1 N–H and O–H groups in total. The number of ketones is 1. The van der Waals surface area contributed by atoms with Crippen molar-refractivity contribution < 1.29 is 31.9 Å². The van der Waals surface area contributed by atoms with Gasteiger partial charge in [-0.15, -0.1) is 0 Å². The van der Waals surface area contributed by atoms with Crippen LogP contribution in [0.25, 0.3) is 0 Å². The minimum absolute atomic E-state index is 0.0319. The first kappa shape index (κ1) is 23.9. The van der Waals surface area contributed by atoms with Crippen molar-refractivity contribution in [1.82, 2.24) is 5.32 Å². The molecule has 2 aromatic carbocycles. The summed E-state index contributed by atoms with van der Waals surface area (Å²) in [5.41, 5.74) is -6.04. The maximum absolute atomic E-state index is 14.8. The van der Waals surface area contributed by atoms with Gasteiger partial charge in [0.05, 0.1) is 11.1 Å². The highest BCUT2D eigenvalue weighted by atomic mass is 35.5. The van der Waals surface area contributed by atoms with Gasteiger partial charge < -0.3 is 5.32 Å². The number of alkyl halides is 3. The van der Waals surface area contributed by atoms with Crippen LogP contribution >= 0.6 is 11.6 Å². The van der Waals surface area contributed by atoms with Crippen molar-refractivity contribution in [3.8, 4) is 0 Å². The van der Waals surface area contributed by atoms with Gasteiger partial charge in [-0.1, -0.05) is 37.6 Å². The Balaban J connectivity index is 1.95. The average Bonchev–Trinajstić information content (AvgIpc) is 2.96. The molecule has 0 unspecified atom stereocenters. The maximum atomic E-state index is 14.8. The molecule has 2 amide bonds. The summed E-state index contributed by atoms with van der Waals surface area (Å²) in [7, 11) is 0. The fourth-order valence-corrected chi connectivity index (χ4v) is 4.62. The van der Waals surface area contributed by atoms with E-state index in [0.29, 0.717) is 5.02 Å². The van der Waals surface area contributed by atoms with Crippen LogP contribution in [0.5, 0.6) is 0 Å². The Morgan fingerprint density at radius 3 is 2.24 bits per heavy atom. The number of nitrogens with zero attached hydrogens (tertiary/aromatic N) is 1. The molecule has 1 aliphatic heterocycles. The summed E-state index contributed by atoms with van der Waals surface area (Å²) in [6.45, 7) is 3.40. The fraction of sp³-hybridized carbons (Fsp3) is 0.292. The Kier molecular flexibility index (Phi) is 5.59. The zero-order valence-electron chi connectivity index (χ0n) is 18.1. The third kappa shape index (κ3) is 3.68. The SMILES string of the molecule is CC1(C)CC(=O)C2=C(C1)N(c1ccc(Cl)cc1)C(=O)[C@@]2(NC(=O)c1ccccc1F)C(F)(F)F. The number of rotatable bonds is 3. The van der Waals surface area contributed by atoms with Crippen molar-refractivity contribution in [2.75, 3.05) is 4.90 Å². The molecule has 5 nitrogen and oxygen atoms in total. The average molecular weight is 495 g/mol. The second kappa shape index (κ2) is 7.94. The predicted octanol–water partition coefficient (Wildman–Crippen LogP) is 5.20. The summed E-state index contributed by atoms with van der Waals surface area (Å²) in [6.07, 6.45) is -5.69. The molecule has 2 aromatic rings. The summed E-state index contributed by atoms with van der Waals surface area (Å²) in [6, 6.07) is 9.92. The lowest BCUT2D eigenvalue weighted by Gasteiger charge is -2.35. The summed E-state index contributed by atoms with van der Waals surface area (Å²) in [5.74, 6) is -5.01. The van der Waals surface area contributed by atoms with E-state index < -0.39 is 51.7 Å². The monoisotopic (exact) mass is 494 g/mol. The van der Waals surface area contributed by atoms with Gasteiger partial charge in [0.2, 0.25) is 5.54 Å². The van der Waals surface area contributed by atoms with E-state index in [-0.39, 0.29) is 24.2 Å². The lowest BCUT2D eigenvalue weighted by molar-refractivity contribution is -0.186. The second-order valence-corrected chi connectivity index (χ2v) is 9.50. The smallest absolute Gasteiger partial charge is 0.326 e. The molecule has 1 aliphatic carbocycles. The number of halogens is 5. The standard InChI is InChI=1S/C24H19ClF4N2O3/c1-22(2)11-17-19(18(32)12-22)23(24(27,28)29,30-20(33)15-5-3-4-6-16(15)26)21(34)31(17)14-9-7-13(25)8-10-14/h3-10H,11-12H2,1-2H3,(H,30,33)/t23-/m1/s1. The van der Waals surface area contributed by atoms with E-state index in [0.717, 1.165) is 17.0 Å². The number of nitrogens with one attached hydrogen (secondary N) is 1. The van der Waals surface area contributed by atoms with Crippen molar-refractivity contribution in [3.05, 3.63) is 76.2 Å². The zero-order valence-corrected chi connectivity index (χ0v) is 18.9. The first-order valence-corrected chi connectivity index (χ1v) is 10.7. The van der Waals surface area contributed by atoms with E-state index in [1.54, 1.807) is 19.2 Å². The fourth-order valence-electron chi connectivity index (χ4n) is 4.50. The molecule has 0 fully saturated rings. The Morgan fingerprint density at radius 1 is 1.03 bits per heavy atom. The minimum Gasteiger partial charge on any atom is -0.326 e. The summed E-state index contributed by atoms with van der Waals surface area (Å²) < 4.78 is 58.5. The molecular weight excluding hydrogens is 476 g/mol. The maximum Gasteiger partial charge on any atom is 0.425 e. The Hall–Kier alpha value is -3.20. The van der Waals surface area contributed by atoms with E-state index in [4.69, 9.17) is 11.6 Å².